The van der Waals surface area contributed by atoms with Gasteiger partial charge in [0.1, 0.15) is 17.3 Å². The van der Waals surface area contributed by atoms with E-state index < -0.39 is 0 Å². The minimum Gasteiger partial charge on any atom is -0.508 e. The molecule has 2 aromatic carbocycles. The monoisotopic (exact) mass is 261 g/mol. The Kier molecular flexibility index (Phi) is 4.02. The van der Waals surface area contributed by atoms with Crippen LogP contribution in [0.1, 0.15) is 24.1 Å². The van der Waals surface area contributed by atoms with E-state index in [9.17, 15) is 14.6 Å². The van der Waals surface area contributed by atoms with Crippen molar-refractivity contribution >= 4 is 0 Å². The molecule has 0 amide bonds. The number of rotatable bonds is 4. The smallest absolute Gasteiger partial charge is 0.124 e. The molecule has 19 heavy (non-hydrogen) atoms. The summed E-state index contributed by atoms with van der Waals surface area (Å²) in [4.78, 5) is 0. The van der Waals surface area contributed by atoms with Crippen molar-refractivity contribution in [2.75, 3.05) is 0 Å². The number of halogens is 1. The summed E-state index contributed by atoms with van der Waals surface area (Å²) in [5.41, 5.74) is 1.53. The number of nitrogens with one attached hydrogen (secondary N) is 1. The first-order valence-electron chi connectivity index (χ1n) is 6.06. The Morgan fingerprint density at radius 1 is 1.16 bits per heavy atom. The first-order chi connectivity index (χ1) is 9.06. The van der Waals surface area contributed by atoms with Gasteiger partial charge in [0.05, 0.1) is 0 Å². The first kappa shape index (κ1) is 13.4. The van der Waals surface area contributed by atoms with Crippen molar-refractivity contribution in [1.29, 1.82) is 0 Å². The second kappa shape index (κ2) is 5.71. The predicted molar refractivity (Wildman–Crippen MR) is 71.4 cm³/mol. The molecule has 0 heterocycles. The molecule has 4 heteroatoms. The van der Waals surface area contributed by atoms with E-state index in [2.05, 4.69) is 5.32 Å². The largest absolute Gasteiger partial charge is 0.508 e. The van der Waals surface area contributed by atoms with Gasteiger partial charge in [-0.2, -0.15) is 0 Å². The van der Waals surface area contributed by atoms with Crippen molar-refractivity contribution in [3.05, 3.63) is 59.4 Å². The van der Waals surface area contributed by atoms with E-state index in [1.165, 1.54) is 24.3 Å². The van der Waals surface area contributed by atoms with Gasteiger partial charge in [0.25, 0.3) is 0 Å². The maximum Gasteiger partial charge on any atom is 0.124 e. The number of benzene rings is 2. The fourth-order valence-electron chi connectivity index (χ4n) is 1.93. The maximum absolute atomic E-state index is 13.0. The van der Waals surface area contributed by atoms with Crippen LogP contribution in [0.3, 0.4) is 0 Å². The molecule has 0 radical (unpaired) electrons. The summed E-state index contributed by atoms with van der Waals surface area (Å²) < 4.78 is 13.0. The highest BCUT2D eigenvalue weighted by Crippen LogP contribution is 2.27. The SMILES string of the molecule is CC(NCc1cccc(F)c1)c1ccc(O)cc1O. The van der Waals surface area contributed by atoms with Gasteiger partial charge in [-0.15, -0.1) is 0 Å². The third-order valence-corrected chi connectivity index (χ3v) is 2.98. The van der Waals surface area contributed by atoms with Crippen molar-refractivity contribution in [3.8, 4) is 11.5 Å². The van der Waals surface area contributed by atoms with Gasteiger partial charge in [0.15, 0.2) is 0 Å². The zero-order valence-corrected chi connectivity index (χ0v) is 10.6. The van der Waals surface area contributed by atoms with Crippen LogP contribution in [0, 0.1) is 5.82 Å². The third kappa shape index (κ3) is 3.45. The van der Waals surface area contributed by atoms with E-state index in [0.29, 0.717) is 12.1 Å². The van der Waals surface area contributed by atoms with Crippen LogP contribution in [-0.2, 0) is 6.54 Å². The van der Waals surface area contributed by atoms with Crippen molar-refractivity contribution in [2.24, 2.45) is 0 Å². The Labute approximate surface area is 111 Å². The van der Waals surface area contributed by atoms with Crippen molar-refractivity contribution in [3.63, 3.8) is 0 Å². The van der Waals surface area contributed by atoms with Crippen molar-refractivity contribution in [1.82, 2.24) is 5.32 Å². The molecule has 0 saturated carbocycles. The Hall–Kier alpha value is -2.07. The number of aromatic hydroxyl groups is 2. The van der Waals surface area contributed by atoms with E-state index in [-0.39, 0.29) is 23.4 Å². The number of phenols is 2. The molecule has 0 bridgehead atoms. The minimum absolute atomic E-state index is 0.0265. The Bertz CT molecular complexity index is 572. The Morgan fingerprint density at radius 3 is 2.63 bits per heavy atom. The molecular formula is C15H16FNO2. The molecule has 0 aliphatic heterocycles. The summed E-state index contributed by atoms with van der Waals surface area (Å²) in [6, 6.07) is 10.7. The zero-order chi connectivity index (χ0) is 13.8. The highest BCUT2D eigenvalue weighted by atomic mass is 19.1. The van der Waals surface area contributed by atoms with Gasteiger partial charge in [-0.25, -0.2) is 4.39 Å². The quantitative estimate of drug-likeness (QED) is 0.792. The molecule has 100 valence electrons. The summed E-state index contributed by atoms with van der Waals surface area (Å²) >= 11 is 0. The van der Waals surface area contributed by atoms with E-state index in [0.717, 1.165) is 5.56 Å². The van der Waals surface area contributed by atoms with Crippen LogP contribution in [0.15, 0.2) is 42.5 Å². The first-order valence-corrected chi connectivity index (χ1v) is 6.06. The molecule has 3 N–H and O–H groups in total. The second-order valence-electron chi connectivity index (χ2n) is 4.48. The van der Waals surface area contributed by atoms with Crippen LogP contribution in [0.2, 0.25) is 0 Å². The van der Waals surface area contributed by atoms with Crippen molar-refractivity contribution < 1.29 is 14.6 Å². The molecule has 0 aliphatic carbocycles. The third-order valence-electron chi connectivity index (χ3n) is 2.98. The second-order valence-corrected chi connectivity index (χ2v) is 4.48. The molecule has 2 rings (SSSR count). The van der Waals surface area contributed by atoms with Gasteiger partial charge in [0.2, 0.25) is 0 Å². The van der Waals surface area contributed by atoms with Crippen LogP contribution >= 0.6 is 0 Å². The molecule has 0 saturated heterocycles. The summed E-state index contributed by atoms with van der Waals surface area (Å²) in [7, 11) is 0. The molecule has 1 unspecified atom stereocenters. The van der Waals surface area contributed by atoms with E-state index in [4.69, 9.17) is 0 Å². The fourth-order valence-corrected chi connectivity index (χ4v) is 1.93. The molecule has 0 fully saturated rings. The highest BCUT2D eigenvalue weighted by Gasteiger charge is 2.10. The van der Waals surface area contributed by atoms with Crippen LogP contribution in [0.4, 0.5) is 4.39 Å². The molecular weight excluding hydrogens is 245 g/mol. The lowest BCUT2D eigenvalue weighted by molar-refractivity contribution is 0.436. The van der Waals surface area contributed by atoms with Gasteiger partial charge in [-0.05, 0) is 30.7 Å². The molecule has 3 nitrogen and oxygen atoms in total. The summed E-state index contributed by atoms with van der Waals surface area (Å²) in [6.07, 6.45) is 0. The average Bonchev–Trinajstić information content (AvgIpc) is 2.36. The lowest BCUT2D eigenvalue weighted by atomic mass is 10.1. The topological polar surface area (TPSA) is 52.5 Å². The summed E-state index contributed by atoms with van der Waals surface area (Å²) in [5, 5.41) is 22.2. The Balaban J connectivity index is 2.03. The summed E-state index contributed by atoms with van der Waals surface area (Å²) in [6.45, 7) is 2.39. The average molecular weight is 261 g/mol. The van der Waals surface area contributed by atoms with Gasteiger partial charge in [0, 0.05) is 24.2 Å². The molecule has 0 spiro atoms. The van der Waals surface area contributed by atoms with E-state index in [1.807, 2.05) is 13.0 Å². The van der Waals surface area contributed by atoms with Gasteiger partial charge in [-0.1, -0.05) is 18.2 Å². The van der Waals surface area contributed by atoms with E-state index >= 15 is 0 Å². The highest BCUT2D eigenvalue weighted by molar-refractivity contribution is 5.40. The van der Waals surface area contributed by atoms with Crippen LogP contribution in [-0.4, -0.2) is 10.2 Å². The predicted octanol–water partition coefficient (Wildman–Crippen LogP) is 3.09. The van der Waals surface area contributed by atoms with Gasteiger partial charge < -0.3 is 15.5 Å². The normalized spacial score (nSPS) is 12.3. The Morgan fingerprint density at radius 2 is 1.95 bits per heavy atom. The standard InChI is InChI=1S/C15H16FNO2/c1-10(14-6-5-13(18)8-15(14)19)17-9-11-3-2-4-12(16)7-11/h2-8,10,17-19H,9H2,1H3. The van der Waals surface area contributed by atoms with Gasteiger partial charge >= 0.3 is 0 Å². The van der Waals surface area contributed by atoms with E-state index in [1.54, 1.807) is 12.1 Å². The fraction of sp³-hybridized carbons (Fsp3) is 0.200. The zero-order valence-electron chi connectivity index (χ0n) is 10.6. The number of hydrogen-bond donors (Lipinski definition) is 3. The molecule has 0 aliphatic rings. The van der Waals surface area contributed by atoms with Crippen LogP contribution < -0.4 is 5.32 Å². The van der Waals surface area contributed by atoms with Crippen LogP contribution in [0.5, 0.6) is 11.5 Å². The molecule has 2 aromatic rings. The maximum atomic E-state index is 13.0. The molecule has 1 atom stereocenters. The lowest BCUT2D eigenvalue weighted by Gasteiger charge is -2.16. The number of hydrogen-bond acceptors (Lipinski definition) is 3. The number of phenolic OH excluding ortho intramolecular Hbond substituents is 2. The molecule has 0 aromatic heterocycles. The summed E-state index contributed by atoms with van der Waals surface area (Å²) in [5.74, 6) is -0.197. The minimum atomic E-state index is -0.264. The lowest BCUT2D eigenvalue weighted by Crippen LogP contribution is -2.18. The van der Waals surface area contributed by atoms with Gasteiger partial charge in [-0.3, -0.25) is 0 Å². The van der Waals surface area contributed by atoms with Crippen LogP contribution in [0.25, 0.3) is 0 Å². The van der Waals surface area contributed by atoms with Crippen molar-refractivity contribution in [2.45, 2.75) is 19.5 Å².